The van der Waals surface area contributed by atoms with Crippen LogP contribution in [0.2, 0.25) is 0 Å². The van der Waals surface area contributed by atoms with Gasteiger partial charge in [0.2, 0.25) is 0 Å². The van der Waals surface area contributed by atoms with E-state index in [0.29, 0.717) is 23.8 Å². The number of carboxylic acids is 1. The fourth-order valence-electron chi connectivity index (χ4n) is 2.14. The van der Waals surface area contributed by atoms with Crippen LogP contribution in [0.25, 0.3) is 0 Å². The Morgan fingerprint density at radius 1 is 1.33 bits per heavy atom. The van der Waals surface area contributed by atoms with Gasteiger partial charge in [-0.2, -0.15) is 0 Å². The number of carbonyl (C=O) groups excluding carboxylic acids is 1. The van der Waals surface area contributed by atoms with Gasteiger partial charge in [0.05, 0.1) is 19.8 Å². The Morgan fingerprint density at radius 2 is 2.05 bits per heavy atom. The highest BCUT2D eigenvalue weighted by Crippen LogP contribution is 2.33. The number of methoxy groups -OCH3 is 2. The Hall–Kier alpha value is -2.24. The fourth-order valence-corrected chi connectivity index (χ4v) is 2.14. The maximum absolute atomic E-state index is 12.3. The molecule has 1 aromatic rings. The van der Waals surface area contributed by atoms with Crippen molar-refractivity contribution in [3.8, 4) is 11.5 Å². The average molecular weight is 293 g/mol. The van der Waals surface area contributed by atoms with Crippen molar-refractivity contribution in [2.75, 3.05) is 14.2 Å². The molecule has 1 aliphatic carbocycles. The normalized spacial score (nSPS) is 15.1. The molecule has 1 amide bonds. The molecule has 0 bridgehead atoms. The topological polar surface area (TPSA) is 84.9 Å². The Labute approximate surface area is 123 Å². The monoisotopic (exact) mass is 293 g/mol. The van der Waals surface area contributed by atoms with Crippen molar-refractivity contribution in [2.45, 2.75) is 25.3 Å². The van der Waals surface area contributed by atoms with E-state index in [1.807, 2.05) is 0 Å². The quantitative estimate of drug-likeness (QED) is 0.799. The van der Waals surface area contributed by atoms with E-state index >= 15 is 0 Å². The van der Waals surface area contributed by atoms with E-state index in [4.69, 9.17) is 9.47 Å². The lowest BCUT2D eigenvalue weighted by molar-refractivity contribution is -0.139. The van der Waals surface area contributed by atoms with Gasteiger partial charge in [-0.25, -0.2) is 4.79 Å². The predicted molar refractivity (Wildman–Crippen MR) is 75.8 cm³/mol. The third kappa shape index (κ3) is 3.87. The molecule has 1 aromatic carbocycles. The van der Waals surface area contributed by atoms with E-state index in [0.717, 1.165) is 12.8 Å². The Balaban J connectivity index is 2.15. The molecule has 0 radical (unpaired) electrons. The summed E-state index contributed by atoms with van der Waals surface area (Å²) in [6.45, 7) is 0. The maximum Gasteiger partial charge on any atom is 0.326 e. The summed E-state index contributed by atoms with van der Waals surface area (Å²) in [7, 11) is 2.95. The predicted octanol–water partition coefficient (Wildman–Crippen LogP) is 1.69. The lowest BCUT2D eigenvalue weighted by Crippen LogP contribution is -2.41. The second-order valence-electron chi connectivity index (χ2n) is 5.11. The largest absolute Gasteiger partial charge is 0.497 e. The maximum atomic E-state index is 12.3. The van der Waals surface area contributed by atoms with Gasteiger partial charge in [-0.1, -0.05) is 12.8 Å². The molecule has 1 atom stereocenters. The van der Waals surface area contributed by atoms with Crippen LogP contribution in [0.4, 0.5) is 0 Å². The van der Waals surface area contributed by atoms with Gasteiger partial charge < -0.3 is 19.9 Å². The highest BCUT2D eigenvalue weighted by atomic mass is 16.5. The SMILES string of the molecule is COc1ccc(OC)c(C(=O)NC(CC2CC2)C(=O)O)c1. The van der Waals surface area contributed by atoms with Crippen molar-refractivity contribution in [3.05, 3.63) is 23.8 Å². The van der Waals surface area contributed by atoms with E-state index in [1.54, 1.807) is 12.1 Å². The molecular formula is C15H19NO5. The van der Waals surface area contributed by atoms with Crippen LogP contribution in [0.1, 0.15) is 29.6 Å². The minimum atomic E-state index is -1.02. The van der Waals surface area contributed by atoms with Crippen molar-refractivity contribution in [1.82, 2.24) is 5.32 Å². The summed E-state index contributed by atoms with van der Waals surface area (Å²) in [4.78, 5) is 23.5. The van der Waals surface area contributed by atoms with Crippen LogP contribution in [-0.4, -0.2) is 37.2 Å². The summed E-state index contributed by atoms with van der Waals surface area (Å²) in [5.74, 6) is -0.201. The smallest absolute Gasteiger partial charge is 0.326 e. The number of ether oxygens (including phenoxy) is 2. The molecule has 1 saturated carbocycles. The number of nitrogens with one attached hydrogen (secondary N) is 1. The van der Waals surface area contributed by atoms with Crippen molar-refractivity contribution in [3.63, 3.8) is 0 Å². The average Bonchev–Trinajstić information content (AvgIpc) is 3.29. The van der Waals surface area contributed by atoms with E-state index < -0.39 is 17.9 Å². The standard InChI is InChI=1S/C15H19NO5/c1-20-10-5-6-13(21-2)11(8-10)14(17)16-12(15(18)19)7-9-3-4-9/h5-6,8-9,12H,3-4,7H2,1-2H3,(H,16,17)(H,18,19). The zero-order valence-electron chi connectivity index (χ0n) is 12.1. The zero-order chi connectivity index (χ0) is 15.4. The summed E-state index contributed by atoms with van der Waals surface area (Å²) < 4.78 is 10.2. The van der Waals surface area contributed by atoms with E-state index in [-0.39, 0.29) is 5.56 Å². The van der Waals surface area contributed by atoms with Crippen LogP contribution >= 0.6 is 0 Å². The van der Waals surface area contributed by atoms with E-state index in [2.05, 4.69) is 5.32 Å². The Bertz CT molecular complexity index is 539. The minimum Gasteiger partial charge on any atom is -0.497 e. The molecule has 6 nitrogen and oxygen atoms in total. The fraction of sp³-hybridized carbons (Fsp3) is 0.467. The molecular weight excluding hydrogens is 274 g/mol. The van der Waals surface area contributed by atoms with Crippen LogP contribution in [0.15, 0.2) is 18.2 Å². The molecule has 1 fully saturated rings. The first-order valence-electron chi connectivity index (χ1n) is 6.80. The Morgan fingerprint density at radius 3 is 2.57 bits per heavy atom. The number of carbonyl (C=O) groups is 2. The number of hydrogen-bond acceptors (Lipinski definition) is 4. The summed E-state index contributed by atoms with van der Waals surface area (Å²) in [5.41, 5.74) is 0.263. The third-order valence-corrected chi connectivity index (χ3v) is 3.52. The Kier molecular flexibility index (Phi) is 4.67. The number of benzene rings is 1. The number of hydrogen-bond donors (Lipinski definition) is 2. The highest BCUT2D eigenvalue weighted by Gasteiger charge is 2.30. The second-order valence-corrected chi connectivity index (χ2v) is 5.11. The minimum absolute atomic E-state index is 0.263. The molecule has 114 valence electrons. The molecule has 2 rings (SSSR count). The first kappa shape index (κ1) is 15.2. The molecule has 1 aliphatic rings. The van der Waals surface area contributed by atoms with Gasteiger partial charge in [-0.3, -0.25) is 4.79 Å². The molecule has 6 heteroatoms. The first-order chi connectivity index (χ1) is 10.0. The second kappa shape index (κ2) is 6.47. The van der Waals surface area contributed by atoms with Crippen LogP contribution in [0, 0.1) is 5.92 Å². The van der Waals surface area contributed by atoms with Crippen molar-refractivity contribution < 1.29 is 24.2 Å². The summed E-state index contributed by atoms with van der Waals surface area (Å²) in [6.07, 6.45) is 2.53. The highest BCUT2D eigenvalue weighted by molar-refractivity contribution is 5.99. The van der Waals surface area contributed by atoms with Gasteiger partial charge >= 0.3 is 5.97 Å². The van der Waals surface area contributed by atoms with Gasteiger partial charge in [-0.15, -0.1) is 0 Å². The van der Waals surface area contributed by atoms with Crippen molar-refractivity contribution in [1.29, 1.82) is 0 Å². The summed E-state index contributed by atoms with van der Waals surface area (Å²) in [6, 6.07) is 3.95. The van der Waals surface area contributed by atoms with Crippen molar-refractivity contribution >= 4 is 11.9 Å². The molecule has 2 N–H and O–H groups in total. The molecule has 21 heavy (non-hydrogen) atoms. The number of aliphatic carboxylic acids is 1. The lowest BCUT2D eigenvalue weighted by Gasteiger charge is -2.16. The third-order valence-electron chi connectivity index (χ3n) is 3.52. The lowest BCUT2D eigenvalue weighted by atomic mass is 10.1. The first-order valence-corrected chi connectivity index (χ1v) is 6.80. The number of rotatable bonds is 7. The van der Waals surface area contributed by atoms with Gasteiger partial charge in [0.1, 0.15) is 17.5 Å². The van der Waals surface area contributed by atoms with Crippen LogP contribution in [0.5, 0.6) is 11.5 Å². The summed E-state index contributed by atoms with van der Waals surface area (Å²) >= 11 is 0. The van der Waals surface area contributed by atoms with Crippen LogP contribution in [0.3, 0.4) is 0 Å². The molecule has 0 heterocycles. The van der Waals surface area contributed by atoms with Gasteiger partial charge in [0.15, 0.2) is 0 Å². The van der Waals surface area contributed by atoms with E-state index in [9.17, 15) is 14.7 Å². The van der Waals surface area contributed by atoms with E-state index in [1.165, 1.54) is 20.3 Å². The van der Waals surface area contributed by atoms with Gasteiger partial charge in [0, 0.05) is 0 Å². The summed E-state index contributed by atoms with van der Waals surface area (Å²) in [5, 5.41) is 11.8. The zero-order valence-corrected chi connectivity index (χ0v) is 12.1. The molecule has 0 spiro atoms. The van der Waals surface area contributed by atoms with Gasteiger partial charge in [0.25, 0.3) is 5.91 Å². The molecule has 0 aromatic heterocycles. The van der Waals surface area contributed by atoms with Crippen LogP contribution in [-0.2, 0) is 4.79 Å². The van der Waals surface area contributed by atoms with Gasteiger partial charge in [-0.05, 0) is 30.5 Å². The molecule has 1 unspecified atom stereocenters. The number of amides is 1. The molecule has 0 saturated heterocycles. The molecule has 0 aliphatic heterocycles. The van der Waals surface area contributed by atoms with Crippen molar-refractivity contribution in [2.24, 2.45) is 5.92 Å². The van der Waals surface area contributed by atoms with Crippen LogP contribution < -0.4 is 14.8 Å². The number of carboxylic acid groups (broad SMARTS) is 1.